The molecule has 0 aliphatic carbocycles. The van der Waals surface area contributed by atoms with Gasteiger partial charge in [0.1, 0.15) is 0 Å². The molecule has 1 aliphatic heterocycles. The standard InChI is InChI=1S/C15H22ClN3O2.2ClH/c1-2-3-4-14(18-9-7-17-8-10-18)13-11-12(16)5-6-15(13)19(20)21;;/h5-6,11,14,17H,2-4,7-10H2,1H3;2*1H/t14-;;/m1../s1. The van der Waals surface area contributed by atoms with Crippen LogP contribution in [-0.4, -0.2) is 36.0 Å². The lowest BCUT2D eigenvalue weighted by Gasteiger charge is -2.35. The van der Waals surface area contributed by atoms with Gasteiger partial charge < -0.3 is 5.32 Å². The second-order valence-corrected chi connectivity index (χ2v) is 5.84. The minimum Gasteiger partial charge on any atom is -0.314 e. The minimum atomic E-state index is -0.299. The van der Waals surface area contributed by atoms with Gasteiger partial charge in [0.15, 0.2) is 0 Å². The molecule has 1 aromatic rings. The van der Waals surface area contributed by atoms with Crippen molar-refractivity contribution < 1.29 is 4.92 Å². The molecule has 8 heteroatoms. The van der Waals surface area contributed by atoms with Gasteiger partial charge in [0.2, 0.25) is 0 Å². The Balaban J connectivity index is 0.00000242. The summed E-state index contributed by atoms with van der Waals surface area (Å²) in [5.74, 6) is 0. The molecule has 1 heterocycles. The highest BCUT2D eigenvalue weighted by Crippen LogP contribution is 2.35. The molecule has 2 rings (SSSR count). The zero-order valence-electron chi connectivity index (χ0n) is 13.2. The molecular formula is C15H24Cl3N3O2. The van der Waals surface area contributed by atoms with Gasteiger partial charge in [-0.3, -0.25) is 15.0 Å². The van der Waals surface area contributed by atoms with E-state index in [9.17, 15) is 10.1 Å². The average Bonchev–Trinajstić information content (AvgIpc) is 2.48. The maximum Gasteiger partial charge on any atom is 0.274 e. The van der Waals surface area contributed by atoms with Crippen LogP contribution in [0.2, 0.25) is 5.02 Å². The Hall–Kier alpha value is -0.590. The van der Waals surface area contributed by atoms with Gasteiger partial charge >= 0.3 is 0 Å². The van der Waals surface area contributed by atoms with Gasteiger partial charge in [0.05, 0.1) is 4.92 Å². The van der Waals surface area contributed by atoms with Crippen molar-refractivity contribution in [3.05, 3.63) is 38.9 Å². The van der Waals surface area contributed by atoms with E-state index in [0.717, 1.165) is 51.0 Å². The van der Waals surface area contributed by atoms with Gasteiger partial charge in [-0.25, -0.2) is 0 Å². The minimum absolute atomic E-state index is 0. The Morgan fingerprint density at radius 3 is 2.57 bits per heavy atom. The lowest BCUT2D eigenvalue weighted by molar-refractivity contribution is -0.386. The second-order valence-electron chi connectivity index (χ2n) is 5.40. The number of piperazine rings is 1. The lowest BCUT2D eigenvalue weighted by atomic mass is 9.97. The maximum absolute atomic E-state index is 11.3. The van der Waals surface area contributed by atoms with Crippen LogP contribution in [0.5, 0.6) is 0 Å². The zero-order chi connectivity index (χ0) is 15.2. The Labute approximate surface area is 154 Å². The number of unbranched alkanes of at least 4 members (excludes halogenated alkanes) is 1. The van der Waals surface area contributed by atoms with Gasteiger partial charge in [-0.1, -0.05) is 31.4 Å². The summed E-state index contributed by atoms with van der Waals surface area (Å²) in [6, 6.07) is 4.96. The fourth-order valence-electron chi connectivity index (χ4n) is 2.88. The molecule has 23 heavy (non-hydrogen) atoms. The summed E-state index contributed by atoms with van der Waals surface area (Å²) in [6.07, 6.45) is 3.06. The summed E-state index contributed by atoms with van der Waals surface area (Å²) in [5, 5.41) is 15.2. The topological polar surface area (TPSA) is 58.4 Å². The van der Waals surface area contributed by atoms with Crippen LogP contribution >= 0.6 is 36.4 Å². The SMILES string of the molecule is CCCC[C@H](c1cc(Cl)ccc1[N+](=O)[O-])N1CCNCC1.Cl.Cl. The van der Waals surface area contributed by atoms with E-state index in [-0.39, 0.29) is 41.5 Å². The molecule has 0 saturated carbocycles. The van der Waals surface area contributed by atoms with E-state index in [1.54, 1.807) is 12.1 Å². The number of nitro groups is 1. The Bertz CT molecular complexity index is 497. The summed E-state index contributed by atoms with van der Waals surface area (Å²) in [6.45, 7) is 5.82. The zero-order valence-corrected chi connectivity index (χ0v) is 15.6. The molecule has 0 spiro atoms. The Morgan fingerprint density at radius 1 is 1.35 bits per heavy atom. The molecule has 0 radical (unpaired) electrons. The fraction of sp³-hybridized carbons (Fsp3) is 0.600. The monoisotopic (exact) mass is 383 g/mol. The van der Waals surface area contributed by atoms with Crippen molar-refractivity contribution in [2.24, 2.45) is 0 Å². The molecule has 132 valence electrons. The van der Waals surface area contributed by atoms with E-state index in [4.69, 9.17) is 11.6 Å². The van der Waals surface area contributed by atoms with Crippen LogP contribution in [-0.2, 0) is 0 Å². The third-order valence-electron chi connectivity index (χ3n) is 3.97. The van der Waals surface area contributed by atoms with E-state index in [1.807, 2.05) is 0 Å². The summed E-state index contributed by atoms with van der Waals surface area (Å²) in [5.41, 5.74) is 0.932. The molecule has 5 nitrogen and oxygen atoms in total. The molecule has 0 unspecified atom stereocenters. The molecule has 1 saturated heterocycles. The first-order valence-electron chi connectivity index (χ1n) is 7.52. The number of halogens is 3. The first kappa shape index (κ1) is 22.4. The number of nitrogens with zero attached hydrogens (tertiary/aromatic N) is 2. The summed E-state index contributed by atoms with van der Waals surface area (Å²) >= 11 is 6.09. The number of nitro benzene ring substituents is 1. The van der Waals surface area contributed by atoms with Crippen molar-refractivity contribution in [1.82, 2.24) is 10.2 Å². The lowest BCUT2D eigenvalue weighted by Crippen LogP contribution is -2.45. The van der Waals surface area contributed by atoms with Crippen LogP contribution in [0.3, 0.4) is 0 Å². The summed E-state index contributed by atoms with van der Waals surface area (Å²) in [7, 11) is 0. The average molecular weight is 385 g/mol. The predicted octanol–water partition coefficient (Wildman–Crippen LogP) is 4.23. The smallest absolute Gasteiger partial charge is 0.274 e. The van der Waals surface area contributed by atoms with Gasteiger partial charge in [-0.2, -0.15) is 0 Å². The van der Waals surface area contributed by atoms with Crippen LogP contribution in [0.1, 0.15) is 37.8 Å². The number of rotatable bonds is 6. The molecule has 1 aromatic carbocycles. The van der Waals surface area contributed by atoms with Crippen LogP contribution in [0.15, 0.2) is 18.2 Å². The summed E-state index contributed by atoms with van der Waals surface area (Å²) < 4.78 is 0. The number of hydrogen-bond donors (Lipinski definition) is 1. The number of nitrogens with one attached hydrogen (secondary N) is 1. The van der Waals surface area contributed by atoms with Crippen molar-refractivity contribution in [2.75, 3.05) is 26.2 Å². The van der Waals surface area contributed by atoms with Crippen molar-refractivity contribution in [3.63, 3.8) is 0 Å². The maximum atomic E-state index is 11.3. The Morgan fingerprint density at radius 2 is 2.00 bits per heavy atom. The molecular weight excluding hydrogens is 361 g/mol. The molecule has 1 aliphatic rings. The molecule has 1 atom stereocenters. The number of hydrogen-bond acceptors (Lipinski definition) is 4. The van der Waals surface area contributed by atoms with Gasteiger partial charge in [-0.15, -0.1) is 24.8 Å². The molecule has 1 N–H and O–H groups in total. The predicted molar refractivity (Wildman–Crippen MR) is 99.3 cm³/mol. The first-order valence-corrected chi connectivity index (χ1v) is 7.90. The fourth-order valence-corrected chi connectivity index (χ4v) is 3.07. The van der Waals surface area contributed by atoms with E-state index in [2.05, 4.69) is 17.1 Å². The largest absolute Gasteiger partial charge is 0.314 e. The first-order chi connectivity index (χ1) is 10.1. The molecule has 1 fully saturated rings. The van der Waals surface area contributed by atoms with Crippen molar-refractivity contribution >= 4 is 42.1 Å². The van der Waals surface area contributed by atoms with Crippen molar-refractivity contribution in [1.29, 1.82) is 0 Å². The van der Waals surface area contributed by atoms with E-state index in [0.29, 0.717) is 5.02 Å². The van der Waals surface area contributed by atoms with Crippen LogP contribution in [0, 0.1) is 10.1 Å². The molecule has 0 bridgehead atoms. The third-order valence-corrected chi connectivity index (χ3v) is 4.20. The molecule has 0 aromatic heterocycles. The second kappa shape index (κ2) is 11.0. The van der Waals surface area contributed by atoms with Gasteiger partial charge in [0.25, 0.3) is 5.69 Å². The van der Waals surface area contributed by atoms with Crippen LogP contribution in [0.4, 0.5) is 5.69 Å². The van der Waals surface area contributed by atoms with E-state index < -0.39 is 0 Å². The highest BCUT2D eigenvalue weighted by atomic mass is 35.5. The van der Waals surface area contributed by atoms with E-state index >= 15 is 0 Å². The quantitative estimate of drug-likeness (QED) is 0.589. The van der Waals surface area contributed by atoms with Crippen LogP contribution in [0.25, 0.3) is 0 Å². The van der Waals surface area contributed by atoms with Crippen LogP contribution < -0.4 is 5.32 Å². The van der Waals surface area contributed by atoms with E-state index in [1.165, 1.54) is 6.07 Å². The summed E-state index contributed by atoms with van der Waals surface area (Å²) in [4.78, 5) is 13.4. The van der Waals surface area contributed by atoms with Crippen molar-refractivity contribution in [2.45, 2.75) is 32.2 Å². The van der Waals surface area contributed by atoms with Gasteiger partial charge in [0, 0.05) is 48.9 Å². The normalized spacial score (nSPS) is 16.1. The number of benzene rings is 1. The highest BCUT2D eigenvalue weighted by Gasteiger charge is 2.28. The molecule has 0 amide bonds. The Kier molecular flexibility index (Phi) is 10.8. The van der Waals surface area contributed by atoms with Crippen molar-refractivity contribution in [3.8, 4) is 0 Å². The van der Waals surface area contributed by atoms with Gasteiger partial charge in [-0.05, 0) is 18.6 Å². The highest BCUT2D eigenvalue weighted by molar-refractivity contribution is 6.30. The third kappa shape index (κ3) is 6.08.